The van der Waals surface area contributed by atoms with Crippen molar-refractivity contribution in [3.8, 4) is 0 Å². The Labute approximate surface area is 162 Å². The first-order valence-electron chi connectivity index (χ1n) is 8.26. The maximum absolute atomic E-state index is 13.5. The molecule has 0 fully saturated rings. The Hall–Kier alpha value is -1.51. The van der Waals surface area contributed by atoms with Gasteiger partial charge in [0.05, 0.1) is 4.90 Å². The number of thioether (sulfide) groups is 1. The van der Waals surface area contributed by atoms with Crippen LogP contribution in [0.5, 0.6) is 0 Å². The van der Waals surface area contributed by atoms with Crippen molar-refractivity contribution in [3.05, 3.63) is 58.7 Å². The van der Waals surface area contributed by atoms with Crippen LogP contribution >= 0.6 is 11.8 Å². The molecule has 0 amide bonds. The number of benzene rings is 2. The average molecular weight is 418 g/mol. The van der Waals surface area contributed by atoms with E-state index in [0.29, 0.717) is 16.0 Å². The second kappa shape index (κ2) is 8.24. The number of hydrogen-bond acceptors (Lipinski definition) is 3. The number of halogens is 3. The molecule has 0 aliphatic rings. The van der Waals surface area contributed by atoms with Gasteiger partial charge in [0.25, 0.3) is 0 Å². The van der Waals surface area contributed by atoms with Crippen molar-refractivity contribution < 1.29 is 21.6 Å². The molecule has 0 aromatic heterocycles. The van der Waals surface area contributed by atoms with Gasteiger partial charge in [-0.25, -0.2) is 8.42 Å². The Morgan fingerprint density at radius 3 is 1.96 bits per heavy atom. The number of alkyl halides is 3. The molecule has 0 heterocycles. The van der Waals surface area contributed by atoms with Crippen LogP contribution in [0.3, 0.4) is 0 Å². The Morgan fingerprint density at radius 2 is 1.48 bits per heavy atom. The fourth-order valence-corrected chi connectivity index (χ4v) is 5.59. The maximum Gasteiger partial charge on any atom is 0.405 e. The summed E-state index contributed by atoms with van der Waals surface area (Å²) in [4.78, 5) is 0.555. The molecule has 1 atom stereocenters. The molecule has 3 nitrogen and oxygen atoms in total. The minimum atomic E-state index is -4.70. The van der Waals surface area contributed by atoms with Crippen LogP contribution in [0.15, 0.2) is 46.2 Å². The molecule has 0 saturated carbocycles. The summed E-state index contributed by atoms with van der Waals surface area (Å²) < 4.78 is 67.6. The SMILES string of the molecule is Cc1ccc(SCC(NS(=O)(=O)c2c(C)cc(C)cc2C)C(F)(F)F)cc1. The highest BCUT2D eigenvalue weighted by molar-refractivity contribution is 7.99. The van der Waals surface area contributed by atoms with Gasteiger partial charge in [0.1, 0.15) is 6.04 Å². The highest BCUT2D eigenvalue weighted by atomic mass is 32.2. The molecular weight excluding hydrogens is 395 g/mol. The highest BCUT2D eigenvalue weighted by Gasteiger charge is 2.42. The summed E-state index contributed by atoms with van der Waals surface area (Å²) in [5.74, 6) is -0.449. The van der Waals surface area contributed by atoms with Crippen LogP contribution in [0, 0.1) is 27.7 Å². The van der Waals surface area contributed by atoms with Gasteiger partial charge in [-0.15, -0.1) is 11.8 Å². The summed E-state index contributed by atoms with van der Waals surface area (Å²) in [6, 6.07) is 8.14. The first-order chi connectivity index (χ1) is 12.4. The van der Waals surface area contributed by atoms with Crippen molar-refractivity contribution in [1.29, 1.82) is 0 Å². The molecule has 0 spiro atoms. The van der Waals surface area contributed by atoms with E-state index in [1.807, 2.05) is 11.6 Å². The molecular formula is C19H22F3NO2S2. The van der Waals surface area contributed by atoms with Gasteiger partial charge < -0.3 is 0 Å². The van der Waals surface area contributed by atoms with E-state index in [-0.39, 0.29) is 4.90 Å². The summed E-state index contributed by atoms with van der Waals surface area (Å²) in [7, 11) is -4.32. The van der Waals surface area contributed by atoms with Gasteiger partial charge in [-0.1, -0.05) is 35.4 Å². The third kappa shape index (κ3) is 5.73. The fourth-order valence-electron chi connectivity index (χ4n) is 2.85. The first kappa shape index (κ1) is 21.8. The van der Waals surface area contributed by atoms with E-state index in [4.69, 9.17) is 0 Å². The third-order valence-corrected chi connectivity index (χ3v) is 6.89. The van der Waals surface area contributed by atoms with Gasteiger partial charge in [0.15, 0.2) is 0 Å². The minimum Gasteiger partial charge on any atom is -0.207 e. The summed E-state index contributed by atoms with van der Waals surface area (Å²) in [6.07, 6.45) is -4.70. The molecule has 0 saturated heterocycles. The largest absolute Gasteiger partial charge is 0.405 e. The summed E-state index contributed by atoms with van der Waals surface area (Å²) >= 11 is 0.964. The van der Waals surface area contributed by atoms with Crippen LogP contribution < -0.4 is 4.72 Å². The zero-order chi connectivity index (χ0) is 20.4. The minimum absolute atomic E-state index is 0.0947. The van der Waals surface area contributed by atoms with Crippen molar-refractivity contribution in [2.45, 2.75) is 49.7 Å². The summed E-state index contributed by atoms with van der Waals surface area (Å²) in [5, 5.41) is 0. The number of aryl methyl sites for hydroxylation is 4. The molecule has 2 aromatic rings. The average Bonchev–Trinajstić information content (AvgIpc) is 2.50. The maximum atomic E-state index is 13.5. The molecule has 27 heavy (non-hydrogen) atoms. The molecule has 0 aliphatic carbocycles. The van der Waals surface area contributed by atoms with E-state index in [1.165, 1.54) is 0 Å². The molecule has 1 N–H and O–H groups in total. The summed E-state index contributed by atoms with van der Waals surface area (Å²) in [5.41, 5.74) is 2.70. The van der Waals surface area contributed by atoms with Crippen LogP contribution in [-0.2, 0) is 10.0 Å². The van der Waals surface area contributed by atoms with Gasteiger partial charge in [-0.05, 0) is 51.0 Å². The number of sulfonamides is 1. The van der Waals surface area contributed by atoms with Crippen LogP contribution in [0.4, 0.5) is 13.2 Å². The monoisotopic (exact) mass is 417 g/mol. The third-order valence-electron chi connectivity index (χ3n) is 4.00. The number of rotatable bonds is 6. The van der Waals surface area contributed by atoms with Gasteiger partial charge in [0, 0.05) is 10.6 Å². The molecule has 2 aromatic carbocycles. The molecule has 0 radical (unpaired) electrons. The van der Waals surface area contributed by atoms with E-state index >= 15 is 0 Å². The molecule has 1 unspecified atom stereocenters. The van der Waals surface area contributed by atoms with E-state index in [1.54, 1.807) is 57.2 Å². The number of hydrogen-bond donors (Lipinski definition) is 1. The molecule has 8 heteroatoms. The first-order valence-corrected chi connectivity index (χ1v) is 10.7. The van der Waals surface area contributed by atoms with Crippen molar-refractivity contribution in [1.82, 2.24) is 4.72 Å². The second-order valence-corrected chi connectivity index (χ2v) is 9.31. The Morgan fingerprint density at radius 1 is 0.963 bits per heavy atom. The van der Waals surface area contributed by atoms with E-state index in [9.17, 15) is 21.6 Å². The topological polar surface area (TPSA) is 46.2 Å². The zero-order valence-electron chi connectivity index (χ0n) is 15.5. The quantitative estimate of drug-likeness (QED) is 0.679. The second-order valence-electron chi connectivity index (χ2n) is 6.57. The van der Waals surface area contributed by atoms with Crippen LogP contribution in [0.25, 0.3) is 0 Å². The lowest BCUT2D eigenvalue weighted by molar-refractivity contribution is -0.145. The normalized spacial score (nSPS) is 13.6. The predicted octanol–water partition coefficient (Wildman–Crippen LogP) is 4.92. The van der Waals surface area contributed by atoms with Crippen molar-refractivity contribution >= 4 is 21.8 Å². The Bertz CT molecular complexity index is 885. The lowest BCUT2D eigenvalue weighted by Gasteiger charge is -2.22. The van der Waals surface area contributed by atoms with Gasteiger partial charge in [0.2, 0.25) is 10.0 Å². The standard InChI is InChI=1S/C19H22F3NO2S2/c1-12-5-7-16(8-6-12)26-11-17(19(20,21)22)23-27(24,25)18-14(3)9-13(2)10-15(18)4/h5-10,17,23H,11H2,1-4H3. The van der Waals surface area contributed by atoms with Crippen molar-refractivity contribution in [3.63, 3.8) is 0 Å². The molecule has 2 rings (SSSR count). The van der Waals surface area contributed by atoms with Gasteiger partial charge >= 0.3 is 6.18 Å². The summed E-state index contributed by atoms with van der Waals surface area (Å²) in [6.45, 7) is 6.85. The zero-order valence-corrected chi connectivity index (χ0v) is 17.1. The number of nitrogens with one attached hydrogen (secondary N) is 1. The van der Waals surface area contributed by atoms with E-state index < -0.39 is 28.0 Å². The highest BCUT2D eigenvalue weighted by Crippen LogP contribution is 2.29. The van der Waals surface area contributed by atoms with Crippen molar-refractivity contribution in [2.24, 2.45) is 0 Å². The van der Waals surface area contributed by atoms with Crippen molar-refractivity contribution in [2.75, 3.05) is 5.75 Å². The molecule has 0 bridgehead atoms. The lowest BCUT2D eigenvalue weighted by atomic mass is 10.1. The van der Waals surface area contributed by atoms with Crippen LogP contribution in [-0.4, -0.2) is 26.4 Å². The van der Waals surface area contributed by atoms with E-state index in [0.717, 1.165) is 22.9 Å². The molecule has 0 aliphatic heterocycles. The van der Waals surface area contributed by atoms with Gasteiger partial charge in [-0.3, -0.25) is 0 Å². The van der Waals surface area contributed by atoms with Crippen LogP contribution in [0.1, 0.15) is 22.3 Å². The van der Waals surface area contributed by atoms with Gasteiger partial charge in [-0.2, -0.15) is 17.9 Å². The van der Waals surface area contributed by atoms with Crippen LogP contribution in [0.2, 0.25) is 0 Å². The Kier molecular flexibility index (Phi) is 6.65. The Balaban J connectivity index is 2.26. The predicted molar refractivity (Wildman–Crippen MR) is 103 cm³/mol. The molecule has 148 valence electrons. The smallest absolute Gasteiger partial charge is 0.207 e. The fraction of sp³-hybridized carbons (Fsp3) is 0.368. The lowest BCUT2D eigenvalue weighted by Crippen LogP contribution is -2.47. The van der Waals surface area contributed by atoms with E-state index in [2.05, 4.69) is 0 Å².